The number of phenolic OH excluding ortho intramolecular Hbond substituents is 1. The number of aromatic hydroxyl groups is 1. The number of halogens is 1. The van der Waals surface area contributed by atoms with Gasteiger partial charge in [-0.15, -0.1) is 0 Å². The number of amides is 2. The molecule has 0 fully saturated rings. The summed E-state index contributed by atoms with van der Waals surface area (Å²) in [6.45, 7) is 1.88. The number of aryl methyl sites for hydroxylation is 1. The molecule has 2 rings (SSSR count). The highest BCUT2D eigenvalue weighted by molar-refractivity contribution is 9.10. The molecule has 3 N–H and O–H groups in total. The Balaban J connectivity index is 1.94. The minimum absolute atomic E-state index is 0.0340. The van der Waals surface area contributed by atoms with Crippen LogP contribution in [0.3, 0.4) is 0 Å². The Morgan fingerprint density at radius 3 is 2.81 bits per heavy atom. The molecule has 0 radical (unpaired) electrons. The highest BCUT2D eigenvalue weighted by Gasteiger charge is 2.04. The van der Waals surface area contributed by atoms with Crippen molar-refractivity contribution in [1.29, 1.82) is 0 Å². The lowest BCUT2D eigenvalue weighted by Crippen LogP contribution is -2.23. The van der Waals surface area contributed by atoms with Gasteiger partial charge >= 0.3 is 6.03 Å². The van der Waals surface area contributed by atoms with Crippen LogP contribution >= 0.6 is 15.9 Å². The fourth-order valence-electron chi connectivity index (χ4n) is 1.73. The largest absolute Gasteiger partial charge is 0.506 e. The summed E-state index contributed by atoms with van der Waals surface area (Å²) in [4.78, 5) is 11.7. The average molecular weight is 347 g/mol. The second-order valence-corrected chi connectivity index (χ2v) is 5.42. The van der Waals surface area contributed by atoms with Crippen molar-refractivity contribution < 1.29 is 9.90 Å². The third-order valence-corrected chi connectivity index (χ3v) is 3.23. The summed E-state index contributed by atoms with van der Waals surface area (Å²) in [5.41, 5.74) is 2.29. The molecule has 21 heavy (non-hydrogen) atoms. The van der Waals surface area contributed by atoms with Gasteiger partial charge in [-0.2, -0.15) is 0 Å². The van der Waals surface area contributed by atoms with Crippen molar-refractivity contribution in [3.8, 4) is 5.75 Å². The normalized spacial score (nSPS) is 10.6. The van der Waals surface area contributed by atoms with E-state index in [4.69, 9.17) is 0 Å². The monoisotopic (exact) mass is 346 g/mol. The zero-order valence-electron chi connectivity index (χ0n) is 11.4. The lowest BCUT2D eigenvalue weighted by molar-refractivity contribution is 0.255. The van der Waals surface area contributed by atoms with Gasteiger partial charge in [-0.1, -0.05) is 34.1 Å². The second-order valence-electron chi connectivity index (χ2n) is 4.51. The molecule has 108 valence electrons. The molecule has 0 atom stereocenters. The average Bonchev–Trinajstić information content (AvgIpc) is 2.43. The Labute approximate surface area is 131 Å². The molecule has 0 heterocycles. The van der Waals surface area contributed by atoms with E-state index in [1.807, 2.05) is 31.2 Å². The predicted octanol–water partition coefficient (Wildman–Crippen LogP) is 4.26. The third-order valence-electron chi connectivity index (χ3n) is 2.74. The van der Waals surface area contributed by atoms with Crippen LogP contribution in [0.15, 0.2) is 53.1 Å². The van der Waals surface area contributed by atoms with Crippen molar-refractivity contribution in [3.63, 3.8) is 0 Å². The Hall–Kier alpha value is -2.27. The smallest absolute Gasteiger partial charge is 0.323 e. The van der Waals surface area contributed by atoms with Crippen LogP contribution in [0.25, 0.3) is 6.08 Å². The lowest BCUT2D eigenvalue weighted by atomic mass is 10.2. The van der Waals surface area contributed by atoms with Gasteiger partial charge < -0.3 is 15.7 Å². The summed E-state index contributed by atoms with van der Waals surface area (Å²) in [5, 5.41) is 14.8. The van der Waals surface area contributed by atoms with Crippen LogP contribution in [0.5, 0.6) is 5.75 Å². The summed E-state index contributed by atoms with van der Waals surface area (Å²) in [5.74, 6) is 0.0340. The van der Waals surface area contributed by atoms with E-state index in [-0.39, 0.29) is 5.75 Å². The molecule has 0 bridgehead atoms. The van der Waals surface area contributed by atoms with Gasteiger partial charge in [-0.25, -0.2) is 4.79 Å². The third kappa shape index (κ3) is 4.65. The molecule has 0 saturated heterocycles. The van der Waals surface area contributed by atoms with E-state index in [9.17, 15) is 9.90 Å². The molecule has 0 aliphatic carbocycles. The Kier molecular flexibility index (Phi) is 5.00. The quantitative estimate of drug-likeness (QED) is 0.727. The van der Waals surface area contributed by atoms with Gasteiger partial charge in [0.05, 0.1) is 5.69 Å². The standard InChI is InChI=1S/C16H15BrN2O2/c1-11-5-6-15(20)14(9-11)19-16(21)18-8-7-12-3-2-4-13(17)10-12/h2-10,20H,1H3,(H2,18,19,21)/b8-7+. The number of carbonyl (C=O) groups is 1. The maximum Gasteiger partial charge on any atom is 0.323 e. The van der Waals surface area contributed by atoms with Crippen LogP contribution in [-0.4, -0.2) is 11.1 Å². The Morgan fingerprint density at radius 2 is 2.05 bits per heavy atom. The zero-order chi connectivity index (χ0) is 15.2. The first kappa shape index (κ1) is 15.1. The van der Waals surface area contributed by atoms with Crippen LogP contribution in [0.4, 0.5) is 10.5 Å². The van der Waals surface area contributed by atoms with E-state index < -0.39 is 6.03 Å². The minimum atomic E-state index is -0.415. The maximum absolute atomic E-state index is 11.7. The van der Waals surface area contributed by atoms with Crippen LogP contribution in [0.2, 0.25) is 0 Å². The highest BCUT2D eigenvalue weighted by Crippen LogP contribution is 2.23. The van der Waals surface area contributed by atoms with E-state index in [0.29, 0.717) is 5.69 Å². The summed E-state index contributed by atoms with van der Waals surface area (Å²) < 4.78 is 0.971. The molecule has 2 amide bonds. The SMILES string of the molecule is Cc1ccc(O)c(NC(=O)N/C=C/c2cccc(Br)c2)c1. The fourth-order valence-corrected chi connectivity index (χ4v) is 2.15. The van der Waals surface area contributed by atoms with Gasteiger partial charge in [-0.3, -0.25) is 0 Å². The second kappa shape index (κ2) is 6.95. The first-order chi connectivity index (χ1) is 10.0. The van der Waals surface area contributed by atoms with E-state index in [2.05, 4.69) is 26.6 Å². The van der Waals surface area contributed by atoms with Gasteiger partial charge in [0.2, 0.25) is 0 Å². The van der Waals surface area contributed by atoms with Gasteiger partial charge in [0.1, 0.15) is 5.75 Å². The molecule has 0 saturated carbocycles. The number of hydrogen-bond donors (Lipinski definition) is 3. The van der Waals surface area contributed by atoms with Gasteiger partial charge in [0.15, 0.2) is 0 Å². The molecule has 0 spiro atoms. The topological polar surface area (TPSA) is 61.4 Å². The Morgan fingerprint density at radius 1 is 1.24 bits per heavy atom. The van der Waals surface area contributed by atoms with Gasteiger partial charge in [-0.05, 0) is 48.4 Å². The van der Waals surface area contributed by atoms with Crippen molar-refractivity contribution >= 4 is 33.7 Å². The molecule has 0 aliphatic rings. The first-order valence-electron chi connectivity index (χ1n) is 6.34. The van der Waals surface area contributed by atoms with Crippen molar-refractivity contribution in [1.82, 2.24) is 5.32 Å². The fraction of sp³-hybridized carbons (Fsp3) is 0.0625. The number of urea groups is 1. The van der Waals surface area contributed by atoms with Crippen LogP contribution < -0.4 is 10.6 Å². The predicted molar refractivity (Wildman–Crippen MR) is 88.2 cm³/mol. The molecule has 4 nitrogen and oxygen atoms in total. The summed E-state index contributed by atoms with van der Waals surface area (Å²) in [6.07, 6.45) is 3.32. The molecule has 0 aliphatic heterocycles. The highest BCUT2D eigenvalue weighted by atomic mass is 79.9. The van der Waals surface area contributed by atoms with E-state index in [1.165, 1.54) is 0 Å². The van der Waals surface area contributed by atoms with E-state index >= 15 is 0 Å². The molecule has 0 unspecified atom stereocenters. The Bertz CT molecular complexity index is 684. The number of hydrogen-bond acceptors (Lipinski definition) is 2. The van der Waals surface area contributed by atoms with Crippen molar-refractivity contribution in [2.75, 3.05) is 5.32 Å². The number of carbonyl (C=O) groups excluding carboxylic acids is 1. The van der Waals surface area contributed by atoms with Crippen molar-refractivity contribution in [3.05, 3.63) is 64.3 Å². The molecule has 5 heteroatoms. The van der Waals surface area contributed by atoms with Crippen molar-refractivity contribution in [2.45, 2.75) is 6.92 Å². The molecule has 2 aromatic rings. The summed E-state index contributed by atoms with van der Waals surface area (Å²) >= 11 is 3.38. The first-order valence-corrected chi connectivity index (χ1v) is 7.13. The van der Waals surface area contributed by atoms with Crippen molar-refractivity contribution in [2.24, 2.45) is 0 Å². The number of nitrogens with one attached hydrogen (secondary N) is 2. The minimum Gasteiger partial charge on any atom is -0.506 e. The van der Waals surface area contributed by atoms with Crippen LogP contribution in [0.1, 0.15) is 11.1 Å². The summed E-state index contributed by atoms with van der Waals surface area (Å²) in [6, 6.07) is 12.3. The number of benzene rings is 2. The number of rotatable bonds is 3. The van der Waals surface area contributed by atoms with Gasteiger partial charge in [0, 0.05) is 10.7 Å². The molecule has 0 aromatic heterocycles. The molecular weight excluding hydrogens is 332 g/mol. The molecular formula is C16H15BrN2O2. The number of anilines is 1. The van der Waals surface area contributed by atoms with E-state index in [1.54, 1.807) is 30.5 Å². The summed E-state index contributed by atoms with van der Waals surface area (Å²) in [7, 11) is 0. The molecule has 2 aromatic carbocycles. The van der Waals surface area contributed by atoms with E-state index in [0.717, 1.165) is 15.6 Å². The maximum atomic E-state index is 11.7. The van der Waals surface area contributed by atoms with Gasteiger partial charge in [0.25, 0.3) is 0 Å². The lowest BCUT2D eigenvalue weighted by Gasteiger charge is -2.07. The number of phenols is 1. The zero-order valence-corrected chi connectivity index (χ0v) is 13.0. The van der Waals surface area contributed by atoms with Crippen LogP contribution in [-0.2, 0) is 0 Å². The van der Waals surface area contributed by atoms with Crippen LogP contribution in [0, 0.1) is 6.92 Å².